The molecular weight excluding hydrogens is 329 g/mol. The van der Waals surface area contributed by atoms with Gasteiger partial charge in [0.15, 0.2) is 5.82 Å². The molecule has 1 heterocycles. The van der Waals surface area contributed by atoms with E-state index in [2.05, 4.69) is 9.97 Å². The van der Waals surface area contributed by atoms with E-state index in [1.54, 1.807) is 17.2 Å². The highest BCUT2D eigenvalue weighted by Crippen LogP contribution is 2.30. The summed E-state index contributed by atoms with van der Waals surface area (Å²) in [7, 11) is 0. The first kappa shape index (κ1) is 16.2. The summed E-state index contributed by atoms with van der Waals surface area (Å²) in [5.41, 5.74) is 2.36. The van der Waals surface area contributed by atoms with Gasteiger partial charge in [-0.2, -0.15) is 0 Å². The highest BCUT2D eigenvalue weighted by Gasteiger charge is 2.16. The zero-order valence-electron chi connectivity index (χ0n) is 13.9. The van der Waals surface area contributed by atoms with Crippen LogP contribution in [0.1, 0.15) is 5.56 Å². The van der Waals surface area contributed by atoms with Crippen LogP contribution in [0.5, 0.6) is 0 Å². The predicted molar refractivity (Wildman–Crippen MR) is 99.3 cm³/mol. The van der Waals surface area contributed by atoms with Gasteiger partial charge < -0.3 is 0 Å². The summed E-state index contributed by atoms with van der Waals surface area (Å²) in [6.07, 6.45) is 1.48. The molecule has 0 aliphatic carbocycles. The number of aromatic nitrogens is 2. The summed E-state index contributed by atoms with van der Waals surface area (Å²) in [5.74, 6) is 0.228. The number of nitrogens with zero attached hydrogens (tertiary/aromatic N) is 3. The number of benzene rings is 3. The van der Waals surface area contributed by atoms with Crippen molar-refractivity contribution in [1.82, 2.24) is 9.97 Å². The van der Waals surface area contributed by atoms with Gasteiger partial charge in [0.1, 0.15) is 18.8 Å². The third-order valence-electron chi connectivity index (χ3n) is 3.96. The van der Waals surface area contributed by atoms with Crippen LogP contribution < -0.4 is 5.06 Å². The molecule has 0 aliphatic heterocycles. The minimum atomic E-state index is -0.339. The van der Waals surface area contributed by atoms with E-state index in [0.29, 0.717) is 18.1 Å². The Labute approximate surface area is 150 Å². The minimum Gasteiger partial charge on any atom is -0.262 e. The first-order chi connectivity index (χ1) is 12.8. The van der Waals surface area contributed by atoms with E-state index < -0.39 is 0 Å². The van der Waals surface area contributed by atoms with Crippen LogP contribution in [0.25, 0.3) is 10.9 Å². The second kappa shape index (κ2) is 7.29. The van der Waals surface area contributed by atoms with E-state index in [1.165, 1.54) is 18.5 Å². The van der Waals surface area contributed by atoms with Crippen molar-refractivity contribution in [3.63, 3.8) is 0 Å². The molecule has 0 saturated carbocycles. The molecule has 5 heteroatoms. The molecule has 4 rings (SSSR count). The van der Waals surface area contributed by atoms with E-state index in [0.717, 1.165) is 16.5 Å². The summed E-state index contributed by atoms with van der Waals surface area (Å²) in [6.45, 7) is 0.329. The molecule has 26 heavy (non-hydrogen) atoms. The van der Waals surface area contributed by atoms with Crippen LogP contribution in [0.15, 0.2) is 85.2 Å². The van der Waals surface area contributed by atoms with E-state index in [4.69, 9.17) is 4.84 Å². The first-order valence-electron chi connectivity index (χ1n) is 8.23. The van der Waals surface area contributed by atoms with Gasteiger partial charge in [0.2, 0.25) is 0 Å². The Morgan fingerprint density at radius 3 is 2.50 bits per heavy atom. The van der Waals surface area contributed by atoms with Crippen molar-refractivity contribution in [3.05, 3.63) is 96.6 Å². The SMILES string of the molecule is Fc1cccc(N(OCc2ccccc2)c2ncnc3ccccc23)c1. The monoisotopic (exact) mass is 345 g/mol. The minimum absolute atomic E-state index is 0.329. The van der Waals surface area contributed by atoms with E-state index in [-0.39, 0.29) is 5.82 Å². The highest BCUT2D eigenvalue weighted by atomic mass is 19.1. The van der Waals surface area contributed by atoms with Crippen molar-refractivity contribution in [2.75, 3.05) is 5.06 Å². The lowest BCUT2D eigenvalue weighted by Crippen LogP contribution is -2.19. The number of para-hydroxylation sites is 1. The molecule has 4 nitrogen and oxygen atoms in total. The second-order valence-corrected chi connectivity index (χ2v) is 5.75. The van der Waals surface area contributed by atoms with Crippen molar-refractivity contribution < 1.29 is 9.23 Å². The summed E-state index contributed by atoms with van der Waals surface area (Å²) in [5, 5.41) is 2.38. The zero-order chi connectivity index (χ0) is 17.8. The Kier molecular flexibility index (Phi) is 4.53. The molecule has 1 aromatic heterocycles. The summed E-state index contributed by atoms with van der Waals surface area (Å²) >= 11 is 0. The average Bonchev–Trinajstić information content (AvgIpc) is 2.69. The number of halogens is 1. The Bertz CT molecular complexity index is 1020. The molecule has 0 radical (unpaired) electrons. The Hall–Kier alpha value is -3.31. The van der Waals surface area contributed by atoms with Crippen LogP contribution in [-0.4, -0.2) is 9.97 Å². The van der Waals surface area contributed by atoms with Crippen LogP contribution in [0.4, 0.5) is 15.9 Å². The smallest absolute Gasteiger partial charge is 0.169 e. The number of hydrogen-bond acceptors (Lipinski definition) is 4. The molecule has 0 spiro atoms. The lowest BCUT2D eigenvalue weighted by molar-refractivity contribution is 0.121. The van der Waals surface area contributed by atoms with Crippen molar-refractivity contribution >= 4 is 22.4 Å². The quantitative estimate of drug-likeness (QED) is 0.475. The molecule has 0 bridgehead atoms. The summed E-state index contributed by atoms with van der Waals surface area (Å²) in [4.78, 5) is 14.7. The maximum absolute atomic E-state index is 13.8. The van der Waals surface area contributed by atoms with Gasteiger partial charge in [-0.15, -0.1) is 0 Å². The third-order valence-corrected chi connectivity index (χ3v) is 3.96. The van der Waals surface area contributed by atoms with Gasteiger partial charge in [-0.3, -0.25) is 4.84 Å². The van der Waals surface area contributed by atoms with Gasteiger partial charge in [0.05, 0.1) is 11.2 Å². The zero-order valence-corrected chi connectivity index (χ0v) is 13.9. The van der Waals surface area contributed by atoms with Crippen LogP contribution in [-0.2, 0) is 11.4 Å². The Morgan fingerprint density at radius 1 is 0.846 bits per heavy atom. The van der Waals surface area contributed by atoms with Gasteiger partial charge in [0, 0.05) is 11.5 Å². The van der Waals surface area contributed by atoms with Gasteiger partial charge >= 0.3 is 0 Å². The van der Waals surface area contributed by atoms with Gasteiger partial charge in [-0.25, -0.2) is 19.4 Å². The molecule has 0 aliphatic rings. The van der Waals surface area contributed by atoms with Crippen LogP contribution in [0.3, 0.4) is 0 Å². The second-order valence-electron chi connectivity index (χ2n) is 5.75. The number of rotatable bonds is 5. The maximum Gasteiger partial charge on any atom is 0.169 e. The van der Waals surface area contributed by atoms with Crippen molar-refractivity contribution in [2.24, 2.45) is 0 Å². The molecule has 0 saturated heterocycles. The lowest BCUT2D eigenvalue weighted by Gasteiger charge is -2.24. The molecule has 4 aromatic rings. The Morgan fingerprint density at radius 2 is 1.65 bits per heavy atom. The average molecular weight is 345 g/mol. The maximum atomic E-state index is 13.8. The predicted octanol–water partition coefficient (Wildman–Crippen LogP) is 5.04. The molecule has 0 fully saturated rings. The standard InChI is InChI=1S/C21H16FN3O/c22-17-9-6-10-18(13-17)25(26-14-16-7-2-1-3-8-16)21-19-11-4-5-12-20(19)23-15-24-21/h1-13,15H,14H2. The van der Waals surface area contributed by atoms with Crippen LogP contribution >= 0.6 is 0 Å². The first-order valence-corrected chi connectivity index (χ1v) is 8.23. The Balaban J connectivity index is 1.77. The molecule has 0 amide bonds. The van der Waals surface area contributed by atoms with Gasteiger partial charge in [0.25, 0.3) is 0 Å². The fourth-order valence-electron chi connectivity index (χ4n) is 2.73. The summed E-state index contributed by atoms with van der Waals surface area (Å²) in [6, 6.07) is 23.7. The van der Waals surface area contributed by atoms with Crippen molar-refractivity contribution in [2.45, 2.75) is 6.61 Å². The molecule has 0 N–H and O–H groups in total. The van der Waals surface area contributed by atoms with E-state index in [1.807, 2.05) is 54.6 Å². The number of anilines is 2. The fraction of sp³-hybridized carbons (Fsp3) is 0.0476. The normalized spacial score (nSPS) is 10.8. The molecule has 128 valence electrons. The van der Waals surface area contributed by atoms with E-state index >= 15 is 0 Å². The fourth-order valence-corrected chi connectivity index (χ4v) is 2.73. The van der Waals surface area contributed by atoms with Crippen molar-refractivity contribution in [1.29, 1.82) is 0 Å². The van der Waals surface area contributed by atoms with E-state index in [9.17, 15) is 4.39 Å². The molecule has 0 atom stereocenters. The van der Waals surface area contributed by atoms with Crippen LogP contribution in [0, 0.1) is 5.82 Å². The molecule has 0 unspecified atom stereocenters. The highest BCUT2D eigenvalue weighted by molar-refractivity contribution is 5.90. The van der Waals surface area contributed by atoms with Gasteiger partial charge in [-0.05, 0) is 29.8 Å². The molecular formula is C21H16FN3O. The largest absolute Gasteiger partial charge is 0.262 e. The van der Waals surface area contributed by atoms with Crippen LogP contribution in [0.2, 0.25) is 0 Å². The molecule has 3 aromatic carbocycles. The third kappa shape index (κ3) is 3.38. The van der Waals surface area contributed by atoms with Crippen molar-refractivity contribution in [3.8, 4) is 0 Å². The summed E-state index contributed by atoms with van der Waals surface area (Å²) < 4.78 is 13.8. The number of hydrogen-bond donors (Lipinski definition) is 0. The lowest BCUT2D eigenvalue weighted by atomic mass is 10.2. The topological polar surface area (TPSA) is 38.2 Å². The number of fused-ring (bicyclic) bond motifs is 1. The van der Waals surface area contributed by atoms with Gasteiger partial charge in [-0.1, -0.05) is 48.5 Å².